The third-order valence-corrected chi connectivity index (χ3v) is 6.53. The summed E-state index contributed by atoms with van der Waals surface area (Å²) >= 11 is 0. The molecule has 4 rings (SSSR count). The minimum atomic E-state index is -3.79. The second-order valence-electron chi connectivity index (χ2n) is 6.31. The summed E-state index contributed by atoms with van der Waals surface area (Å²) in [6, 6.07) is 8.54. The fraction of sp³-hybridized carbons (Fsp3) is 0.278. The molecule has 1 atom stereocenters. The molecule has 0 N–H and O–H groups in total. The maximum absolute atomic E-state index is 13.1. The maximum atomic E-state index is 13.1. The van der Waals surface area contributed by atoms with E-state index >= 15 is 0 Å². The minimum Gasteiger partial charge on any atom is -0.440 e. The Morgan fingerprint density at radius 2 is 1.88 bits per heavy atom. The van der Waals surface area contributed by atoms with E-state index in [0.29, 0.717) is 24.5 Å². The summed E-state index contributed by atoms with van der Waals surface area (Å²) in [6.07, 6.45) is 0.679. The first-order chi connectivity index (χ1) is 12.4. The summed E-state index contributed by atoms with van der Waals surface area (Å²) in [5, 5.41) is 3.71. The molecular formula is C18H17FN2O4S. The van der Waals surface area contributed by atoms with Gasteiger partial charge < -0.3 is 8.94 Å². The Balaban J connectivity index is 1.63. The van der Waals surface area contributed by atoms with Gasteiger partial charge in [0, 0.05) is 12.1 Å². The monoisotopic (exact) mass is 376 g/mol. The molecule has 3 heterocycles. The molecule has 1 saturated heterocycles. The molecule has 26 heavy (non-hydrogen) atoms. The summed E-state index contributed by atoms with van der Waals surface area (Å²) in [7, 11) is -3.79. The molecule has 3 aromatic rings. The van der Waals surface area contributed by atoms with Crippen molar-refractivity contribution in [3.63, 3.8) is 0 Å². The zero-order valence-electron chi connectivity index (χ0n) is 14.3. The highest BCUT2D eigenvalue weighted by molar-refractivity contribution is 7.89. The Bertz CT molecular complexity index is 1050. The highest BCUT2D eigenvalue weighted by Gasteiger charge is 2.41. The lowest BCUT2D eigenvalue weighted by molar-refractivity contribution is 0.197. The predicted octanol–water partition coefficient (Wildman–Crippen LogP) is 3.83. The van der Waals surface area contributed by atoms with Gasteiger partial charge in [-0.3, -0.25) is 0 Å². The molecule has 136 valence electrons. The molecule has 1 aliphatic heterocycles. The molecule has 1 fully saturated rings. The van der Waals surface area contributed by atoms with Crippen LogP contribution in [0.3, 0.4) is 0 Å². The molecule has 1 aliphatic rings. The van der Waals surface area contributed by atoms with Crippen molar-refractivity contribution in [2.45, 2.75) is 31.4 Å². The maximum Gasteiger partial charge on any atom is 0.277 e. The van der Waals surface area contributed by atoms with Crippen LogP contribution in [0.5, 0.6) is 0 Å². The van der Waals surface area contributed by atoms with E-state index in [2.05, 4.69) is 5.16 Å². The van der Waals surface area contributed by atoms with Crippen molar-refractivity contribution in [1.82, 2.24) is 9.46 Å². The van der Waals surface area contributed by atoms with Crippen molar-refractivity contribution in [3.8, 4) is 11.5 Å². The normalized spacial score (nSPS) is 18.0. The van der Waals surface area contributed by atoms with E-state index in [9.17, 15) is 12.8 Å². The fourth-order valence-electron chi connectivity index (χ4n) is 3.01. The Labute approximate surface area is 150 Å². The standard InChI is InChI=1S/C18H17FN2O4S/c1-11-12(2)20-25-18(11)16-7-8-17(24-16)26(22,23)21-10-9-15(21)13-3-5-14(19)6-4-13/h3-8,15H,9-10H2,1-2H3. The van der Waals surface area contributed by atoms with Gasteiger partial charge in [-0.25, -0.2) is 12.8 Å². The van der Waals surface area contributed by atoms with Gasteiger partial charge in [-0.05, 0) is 50.1 Å². The van der Waals surface area contributed by atoms with E-state index in [1.807, 2.05) is 6.92 Å². The second-order valence-corrected chi connectivity index (χ2v) is 8.13. The Kier molecular flexibility index (Phi) is 3.96. The number of aryl methyl sites for hydroxylation is 1. The number of benzene rings is 1. The predicted molar refractivity (Wildman–Crippen MR) is 91.3 cm³/mol. The van der Waals surface area contributed by atoms with Crippen LogP contribution in [0.2, 0.25) is 0 Å². The highest BCUT2D eigenvalue weighted by atomic mass is 32.2. The van der Waals surface area contributed by atoms with Crippen LogP contribution in [0.1, 0.15) is 29.3 Å². The van der Waals surface area contributed by atoms with Crippen molar-refractivity contribution < 1.29 is 21.7 Å². The van der Waals surface area contributed by atoms with Crippen molar-refractivity contribution in [1.29, 1.82) is 0 Å². The van der Waals surface area contributed by atoms with Gasteiger partial charge in [0.15, 0.2) is 5.76 Å². The molecule has 0 bridgehead atoms. The van der Waals surface area contributed by atoms with Crippen LogP contribution in [0, 0.1) is 19.7 Å². The second kappa shape index (κ2) is 6.07. The van der Waals surface area contributed by atoms with Crippen LogP contribution < -0.4 is 0 Å². The SMILES string of the molecule is Cc1noc(-c2ccc(S(=O)(=O)N3CCC3c3ccc(F)cc3)o2)c1C. The molecule has 8 heteroatoms. The highest BCUT2D eigenvalue weighted by Crippen LogP contribution is 2.39. The molecule has 0 saturated carbocycles. The summed E-state index contributed by atoms with van der Waals surface area (Å²) in [5.74, 6) is 0.388. The number of rotatable bonds is 4. The Morgan fingerprint density at radius 1 is 1.15 bits per heavy atom. The molecule has 6 nitrogen and oxygen atoms in total. The molecular weight excluding hydrogens is 359 g/mol. The third kappa shape index (κ3) is 2.65. The first kappa shape index (κ1) is 17.0. The lowest BCUT2D eigenvalue weighted by Crippen LogP contribution is -2.44. The summed E-state index contributed by atoms with van der Waals surface area (Å²) in [4.78, 5) is 0. The number of hydrogen-bond acceptors (Lipinski definition) is 5. The minimum absolute atomic E-state index is 0.146. The Hall–Kier alpha value is -2.45. The number of aromatic nitrogens is 1. The van der Waals surface area contributed by atoms with E-state index in [0.717, 1.165) is 16.8 Å². The van der Waals surface area contributed by atoms with Gasteiger partial charge in [-0.15, -0.1) is 0 Å². The van der Waals surface area contributed by atoms with Crippen molar-refractivity contribution in [3.05, 3.63) is 59.0 Å². The van der Waals surface area contributed by atoms with Crippen molar-refractivity contribution in [2.24, 2.45) is 0 Å². The van der Waals surface area contributed by atoms with E-state index < -0.39 is 10.0 Å². The smallest absolute Gasteiger partial charge is 0.277 e. The quantitative estimate of drug-likeness (QED) is 0.692. The van der Waals surface area contributed by atoms with Crippen LogP contribution in [0.4, 0.5) is 4.39 Å². The third-order valence-electron chi connectivity index (χ3n) is 4.75. The number of halogens is 1. The molecule has 0 spiro atoms. The van der Waals surface area contributed by atoms with E-state index in [1.165, 1.54) is 22.5 Å². The molecule has 1 unspecified atom stereocenters. The topological polar surface area (TPSA) is 76.6 Å². The fourth-order valence-corrected chi connectivity index (χ4v) is 4.58. The summed E-state index contributed by atoms with van der Waals surface area (Å²) in [6.45, 7) is 4.02. The first-order valence-electron chi connectivity index (χ1n) is 8.18. The zero-order chi connectivity index (χ0) is 18.5. The average Bonchev–Trinajstić information content (AvgIpc) is 3.17. The van der Waals surface area contributed by atoms with Crippen molar-refractivity contribution >= 4 is 10.0 Å². The number of sulfonamides is 1. The van der Waals surface area contributed by atoms with Crippen LogP contribution in [0.25, 0.3) is 11.5 Å². The molecule has 1 aromatic carbocycles. The number of nitrogens with zero attached hydrogens (tertiary/aromatic N) is 2. The van der Waals surface area contributed by atoms with E-state index in [-0.39, 0.29) is 17.0 Å². The largest absolute Gasteiger partial charge is 0.440 e. The number of furan rings is 1. The molecule has 2 aromatic heterocycles. The summed E-state index contributed by atoms with van der Waals surface area (Å²) < 4.78 is 51.1. The van der Waals surface area contributed by atoms with Gasteiger partial charge in [0.05, 0.1) is 11.7 Å². The molecule has 0 radical (unpaired) electrons. The van der Waals surface area contributed by atoms with E-state index in [4.69, 9.17) is 8.94 Å². The molecule has 0 aliphatic carbocycles. The van der Waals surface area contributed by atoms with Gasteiger partial charge in [-0.1, -0.05) is 17.3 Å². The van der Waals surface area contributed by atoms with Gasteiger partial charge in [0.25, 0.3) is 10.0 Å². The van der Waals surface area contributed by atoms with Gasteiger partial charge in [0.2, 0.25) is 10.9 Å². The van der Waals surface area contributed by atoms with Gasteiger partial charge in [0.1, 0.15) is 5.82 Å². The first-order valence-corrected chi connectivity index (χ1v) is 9.62. The zero-order valence-corrected chi connectivity index (χ0v) is 15.1. The number of hydrogen-bond donors (Lipinski definition) is 0. The van der Waals surface area contributed by atoms with Crippen LogP contribution >= 0.6 is 0 Å². The van der Waals surface area contributed by atoms with Gasteiger partial charge >= 0.3 is 0 Å². The van der Waals surface area contributed by atoms with Crippen LogP contribution in [0.15, 0.2) is 50.4 Å². The van der Waals surface area contributed by atoms with Crippen LogP contribution in [-0.2, 0) is 10.0 Å². The van der Waals surface area contributed by atoms with Crippen LogP contribution in [-0.4, -0.2) is 24.4 Å². The Morgan fingerprint density at radius 3 is 2.46 bits per heavy atom. The lowest BCUT2D eigenvalue weighted by Gasteiger charge is -2.39. The summed E-state index contributed by atoms with van der Waals surface area (Å²) in [5.41, 5.74) is 2.28. The van der Waals surface area contributed by atoms with Gasteiger partial charge in [-0.2, -0.15) is 4.31 Å². The van der Waals surface area contributed by atoms with E-state index in [1.54, 1.807) is 25.1 Å². The lowest BCUT2D eigenvalue weighted by atomic mass is 9.98. The average molecular weight is 376 g/mol. The molecule has 0 amide bonds. The van der Waals surface area contributed by atoms with Crippen molar-refractivity contribution in [2.75, 3.05) is 6.54 Å².